The van der Waals surface area contributed by atoms with Crippen LogP contribution >= 0.6 is 0 Å². The Morgan fingerprint density at radius 1 is 0.236 bits per heavy atom. The lowest BCUT2D eigenvalue weighted by atomic mass is 9.92. The van der Waals surface area contributed by atoms with Crippen LogP contribution in [-0.4, -0.2) is 4.98 Å². The van der Waals surface area contributed by atoms with E-state index in [1.54, 1.807) is 11.1 Å². The minimum atomic E-state index is 0.869. The second kappa shape index (κ2) is 34.2. The molecule has 2 aliphatic rings. The average Bonchev–Trinajstić information content (AvgIpc) is 3.98. The fourth-order valence-corrected chi connectivity index (χ4v) is 8.01. The van der Waals surface area contributed by atoms with Gasteiger partial charge in [0.15, 0.2) is 0 Å². The van der Waals surface area contributed by atoms with Crippen LogP contribution in [0, 0.1) is 0 Å². The number of fused-ring (bicyclic) bond motifs is 3. The number of benzene rings is 10. The minimum Gasteiger partial charge on any atom is -0.457 e. The predicted molar refractivity (Wildman–Crippen MR) is 311 cm³/mol. The summed E-state index contributed by atoms with van der Waals surface area (Å²) in [6.07, 6.45) is 16.3. The van der Waals surface area contributed by atoms with Crippen molar-refractivity contribution in [1.82, 2.24) is 4.98 Å². The highest BCUT2D eigenvalue weighted by Gasteiger charge is 2.06. The third kappa shape index (κ3) is 21.6. The fourth-order valence-electron chi connectivity index (χ4n) is 8.01. The van der Waals surface area contributed by atoms with E-state index in [2.05, 4.69) is 145 Å². The number of H-pyrrole nitrogens is 1. The molecule has 0 spiro atoms. The molecule has 1 saturated carbocycles. The molecular formula is C70H71NO. The van der Waals surface area contributed by atoms with Gasteiger partial charge in [-0.1, -0.05) is 299 Å². The van der Waals surface area contributed by atoms with Gasteiger partial charge in [0, 0.05) is 11.7 Å². The van der Waals surface area contributed by atoms with Crippen LogP contribution in [0.5, 0.6) is 11.5 Å². The number of hydrogen-bond donors (Lipinski definition) is 1. The Hall–Kier alpha value is -8.20. The van der Waals surface area contributed by atoms with Gasteiger partial charge >= 0.3 is 0 Å². The number of aromatic nitrogens is 1. The summed E-state index contributed by atoms with van der Waals surface area (Å²) in [5.74, 6) is 1.74. The fraction of sp³-hybridized carbons (Fsp3) is 0.143. The molecule has 1 aromatic heterocycles. The summed E-state index contributed by atoms with van der Waals surface area (Å²) in [6.45, 7) is 0. The number of rotatable bonds is 3. The molecule has 1 fully saturated rings. The van der Waals surface area contributed by atoms with Gasteiger partial charge in [0.1, 0.15) is 11.5 Å². The Labute approximate surface area is 430 Å². The first-order chi connectivity index (χ1) is 35.8. The molecular weight excluding hydrogens is 871 g/mol. The molecule has 2 aliphatic carbocycles. The number of aryl methyl sites for hydroxylation is 2. The number of nitrogens with one attached hydrogen (secondary N) is 1. The SMILES string of the molecule is C1CCCCC1.c1ccc(-c2ccccc2)cc1.c1ccc(Oc2ccccc2)cc1.c1ccc2[nH]ccc2c1.c1ccc2c(c1)CCCC2.c1ccc2ccccc2c1.c1ccccc1.c1ccccc1. The second-order valence-corrected chi connectivity index (χ2v) is 17.3. The molecule has 0 aliphatic heterocycles. The minimum absolute atomic E-state index is 0.869. The third-order valence-corrected chi connectivity index (χ3v) is 11.8. The standard InChI is InChI=1S/C12H10O.C12H10.C10H12.C10H8.C8H7N.C6H12.2C6H6/c1-3-7-11(8-4-1)13-12-9-5-2-6-10-12;1-3-7-11(8-4-1)12-9-5-2-6-10-12;2*1-2-6-10-8-4-3-7-9(10)5-1;1-2-4-8-7(3-1)5-6-9-8;3*1-2-4-6-5-3-1/h1-10H;1-10H;1-2,5-6H,3-4,7-8H2;1-8H;1-6,9H;1-6H2;2*1-6H. The number of aromatic amines is 1. The van der Waals surface area contributed by atoms with Crippen LogP contribution in [0.4, 0.5) is 0 Å². The van der Waals surface area contributed by atoms with E-state index in [1.165, 1.54) is 97.0 Å². The van der Waals surface area contributed by atoms with E-state index in [-0.39, 0.29) is 0 Å². The zero-order valence-electron chi connectivity index (χ0n) is 41.8. The molecule has 0 radical (unpaired) electrons. The molecule has 0 bridgehead atoms. The second-order valence-electron chi connectivity index (χ2n) is 17.3. The first kappa shape index (κ1) is 53.2. The van der Waals surface area contributed by atoms with Gasteiger partial charge in [0.2, 0.25) is 0 Å². The lowest BCUT2D eigenvalue weighted by Crippen LogP contribution is -2.00. The molecule has 1 heterocycles. The zero-order chi connectivity index (χ0) is 49.6. The molecule has 2 nitrogen and oxygen atoms in total. The lowest BCUT2D eigenvalue weighted by Gasteiger charge is -2.13. The van der Waals surface area contributed by atoms with Gasteiger partial charge in [0.25, 0.3) is 0 Å². The molecule has 13 rings (SSSR count). The number of ether oxygens (including phenoxy) is 1. The average molecular weight is 942 g/mol. The monoisotopic (exact) mass is 942 g/mol. The van der Waals surface area contributed by atoms with Crippen molar-refractivity contribution in [2.45, 2.75) is 64.2 Å². The van der Waals surface area contributed by atoms with Crippen molar-refractivity contribution in [2.75, 3.05) is 0 Å². The summed E-state index contributed by atoms with van der Waals surface area (Å²) >= 11 is 0. The van der Waals surface area contributed by atoms with Crippen LogP contribution in [0.1, 0.15) is 62.5 Å². The van der Waals surface area contributed by atoms with Crippen LogP contribution in [0.3, 0.4) is 0 Å². The highest BCUT2D eigenvalue weighted by molar-refractivity contribution is 5.82. The van der Waals surface area contributed by atoms with E-state index in [0.29, 0.717) is 0 Å². The summed E-state index contributed by atoms with van der Waals surface area (Å²) in [5.41, 5.74) is 6.91. The van der Waals surface area contributed by atoms with Crippen LogP contribution in [0.25, 0.3) is 32.8 Å². The molecule has 0 saturated heterocycles. The summed E-state index contributed by atoms with van der Waals surface area (Å²) < 4.78 is 5.58. The molecule has 1 N–H and O–H groups in total. The molecule has 0 unspecified atom stereocenters. The zero-order valence-corrected chi connectivity index (χ0v) is 41.8. The highest BCUT2D eigenvalue weighted by Crippen LogP contribution is 2.21. The van der Waals surface area contributed by atoms with Crippen LogP contribution in [-0.2, 0) is 12.8 Å². The van der Waals surface area contributed by atoms with Crippen molar-refractivity contribution >= 4 is 21.7 Å². The Morgan fingerprint density at radius 2 is 0.514 bits per heavy atom. The Kier molecular flexibility index (Phi) is 25.2. The van der Waals surface area contributed by atoms with E-state index in [4.69, 9.17) is 4.74 Å². The van der Waals surface area contributed by atoms with Gasteiger partial charge in [-0.2, -0.15) is 0 Å². The molecule has 362 valence electrons. The topological polar surface area (TPSA) is 25.0 Å². The summed E-state index contributed by atoms with van der Waals surface area (Å²) in [4.78, 5) is 3.12. The molecule has 0 atom stereocenters. The van der Waals surface area contributed by atoms with Gasteiger partial charge in [-0.05, 0) is 100 Å². The van der Waals surface area contributed by atoms with E-state index in [1.807, 2.05) is 164 Å². The van der Waals surface area contributed by atoms with E-state index < -0.39 is 0 Å². The summed E-state index contributed by atoms with van der Waals surface area (Å²) in [7, 11) is 0. The normalized spacial score (nSPS) is 11.6. The highest BCUT2D eigenvalue weighted by atomic mass is 16.5. The Balaban J connectivity index is 0.000000136. The number of hydrogen-bond acceptors (Lipinski definition) is 1. The van der Waals surface area contributed by atoms with Crippen molar-refractivity contribution in [2.24, 2.45) is 0 Å². The largest absolute Gasteiger partial charge is 0.457 e. The van der Waals surface area contributed by atoms with Gasteiger partial charge in [-0.3, -0.25) is 0 Å². The van der Waals surface area contributed by atoms with E-state index in [9.17, 15) is 0 Å². The van der Waals surface area contributed by atoms with Crippen molar-refractivity contribution in [3.8, 4) is 22.6 Å². The molecule has 2 heteroatoms. The molecule has 0 amide bonds. The van der Waals surface area contributed by atoms with Crippen LogP contribution < -0.4 is 4.74 Å². The van der Waals surface area contributed by atoms with E-state index >= 15 is 0 Å². The van der Waals surface area contributed by atoms with Crippen molar-refractivity contribution < 1.29 is 4.74 Å². The molecule has 72 heavy (non-hydrogen) atoms. The lowest BCUT2D eigenvalue weighted by molar-refractivity contribution is 0.482. The van der Waals surface area contributed by atoms with Gasteiger partial charge in [-0.15, -0.1) is 0 Å². The Morgan fingerprint density at radius 3 is 0.861 bits per heavy atom. The quantitative estimate of drug-likeness (QED) is 0.188. The maximum absolute atomic E-state index is 5.58. The van der Waals surface area contributed by atoms with Crippen molar-refractivity contribution in [3.05, 3.63) is 315 Å². The predicted octanol–water partition coefficient (Wildman–Crippen LogP) is 20.1. The maximum atomic E-state index is 5.58. The van der Waals surface area contributed by atoms with Gasteiger partial charge < -0.3 is 9.72 Å². The van der Waals surface area contributed by atoms with Gasteiger partial charge in [-0.25, -0.2) is 0 Å². The van der Waals surface area contributed by atoms with Crippen LogP contribution in [0.2, 0.25) is 0 Å². The Bertz CT molecular complexity index is 2680. The van der Waals surface area contributed by atoms with Crippen molar-refractivity contribution in [1.29, 1.82) is 0 Å². The molecule has 11 aromatic rings. The van der Waals surface area contributed by atoms with Gasteiger partial charge in [0.05, 0.1) is 0 Å². The summed E-state index contributed by atoms with van der Waals surface area (Å²) in [6, 6.07) is 100. The number of para-hydroxylation sites is 3. The maximum Gasteiger partial charge on any atom is 0.127 e. The third-order valence-electron chi connectivity index (χ3n) is 11.8. The van der Waals surface area contributed by atoms with Crippen molar-refractivity contribution in [3.63, 3.8) is 0 Å². The van der Waals surface area contributed by atoms with Crippen LogP contribution in [0.15, 0.2) is 303 Å². The summed E-state index contributed by atoms with van der Waals surface area (Å²) in [5, 5.41) is 3.90. The smallest absolute Gasteiger partial charge is 0.127 e. The first-order valence-electron chi connectivity index (χ1n) is 25.7. The van der Waals surface area contributed by atoms with E-state index in [0.717, 1.165) is 11.5 Å². The first-order valence-corrected chi connectivity index (χ1v) is 25.7. The molecule has 10 aromatic carbocycles.